The average Bonchev–Trinajstić information content (AvgIpc) is 1.59. The molecule has 0 amide bonds. The second-order valence-electron chi connectivity index (χ2n) is 3.58. The fourth-order valence-corrected chi connectivity index (χ4v) is 1.63. The molecule has 1 unspecified atom stereocenters. The van der Waals surface area contributed by atoms with E-state index in [-0.39, 0.29) is 10.8 Å². The van der Waals surface area contributed by atoms with Crippen molar-refractivity contribution in [3.8, 4) is 0 Å². The van der Waals surface area contributed by atoms with Crippen molar-refractivity contribution in [2.24, 2.45) is 5.41 Å². The maximum atomic E-state index is 5.84. The van der Waals surface area contributed by atoms with Gasteiger partial charge in [0.15, 0.2) is 0 Å². The summed E-state index contributed by atoms with van der Waals surface area (Å²) in [6, 6.07) is 0. The molecule has 0 radical (unpaired) electrons. The summed E-state index contributed by atoms with van der Waals surface area (Å²) in [4.78, 5) is 0. The summed E-state index contributed by atoms with van der Waals surface area (Å²) in [5.74, 6) is 0. The van der Waals surface area contributed by atoms with Crippen molar-refractivity contribution in [2.75, 3.05) is 13.7 Å². The normalized spacial score (nSPS) is 15.3. The largest absolute Gasteiger partial charge is 0.384 e. The van der Waals surface area contributed by atoms with Crippen LogP contribution >= 0.6 is 11.6 Å². The van der Waals surface area contributed by atoms with Crippen LogP contribution in [0.2, 0.25) is 0 Å². The minimum atomic E-state index is 0.218. The molecule has 1 atom stereocenters. The zero-order valence-electron chi connectivity index (χ0n) is 7.28. The standard InChI is InChI=1S/C8H17ClO/c1-7(9)5-8(2,3)6-10-4/h7H,5-6H2,1-4H3. The van der Waals surface area contributed by atoms with Crippen molar-refractivity contribution < 1.29 is 4.74 Å². The Bertz CT molecular complexity index is 89.3. The van der Waals surface area contributed by atoms with Gasteiger partial charge in [-0.3, -0.25) is 0 Å². The van der Waals surface area contributed by atoms with E-state index >= 15 is 0 Å². The van der Waals surface area contributed by atoms with Gasteiger partial charge in [0.25, 0.3) is 0 Å². The fourth-order valence-electron chi connectivity index (χ4n) is 1.21. The van der Waals surface area contributed by atoms with Crippen LogP contribution in [0.15, 0.2) is 0 Å². The van der Waals surface area contributed by atoms with Crippen molar-refractivity contribution in [3.05, 3.63) is 0 Å². The lowest BCUT2D eigenvalue weighted by Gasteiger charge is -2.24. The Morgan fingerprint density at radius 2 is 2.00 bits per heavy atom. The summed E-state index contributed by atoms with van der Waals surface area (Å²) in [5.41, 5.74) is 0.218. The molecule has 0 aromatic carbocycles. The minimum absolute atomic E-state index is 0.218. The molecule has 0 aliphatic rings. The number of ether oxygens (including phenoxy) is 1. The van der Waals surface area contributed by atoms with Gasteiger partial charge in [0, 0.05) is 12.5 Å². The minimum Gasteiger partial charge on any atom is -0.384 e. The molecular weight excluding hydrogens is 148 g/mol. The molecule has 0 bridgehead atoms. The van der Waals surface area contributed by atoms with E-state index in [9.17, 15) is 0 Å². The molecule has 2 heteroatoms. The molecule has 0 N–H and O–H groups in total. The predicted molar refractivity (Wildman–Crippen MR) is 45.6 cm³/mol. The smallest absolute Gasteiger partial charge is 0.0513 e. The number of halogens is 1. The Balaban J connectivity index is 3.63. The van der Waals surface area contributed by atoms with Crippen LogP contribution < -0.4 is 0 Å². The molecule has 0 spiro atoms. The lowest BCUT2D eigenvalue weighted by Crippen LogP contribution is -2.21. The van der Waals surface area contributed by atoms with Crippen LogP contribution in [0.1, 0.15) is 27.2 Å². The highest BCUT2D eigenvalue weighted by Gasteiger charge is 2.19. The van der Waals surface area contributed by atoms with E-state index in [0.29, 0.717) is 0 Å². The third kappa shape index (κ3) is 5.07. The molecule has 0 fully saturated rings. The van der Waals surface area contributed by atoms with E-state index in [1.165, 1.54) is 0 Å². The van der Waals surface area contributed by atoms with Gasteiger partial charge in [0.1, 0.15) is 0 Å². The van der Waals surface area contributed by atoms with Gasteiger partial charge in [0.05, 0.1) is 6.61 Å². The first-order chi connectivity index (χ1) is 4.48. The van der Waals surface area contributed by atoms with E-state index < -0.39 is 0 Å². The molecule has 0 aromatic heterocycles. The van der Waals surface area contributed by atoms with E-state index in [1.807, 2.05) is 6.92 Å². The van der Waals surface area contributed by atoms with Crippen molar-refractivity contribution in [1.82, 2.24) is 0 Å². The molecule has 0 aromatic rings. The lowest BCUT2D eigenvalue weighted by atomic mass is 9.89. The summed E-state index contributed by atoms with van der Waals surface area (Å²) in [6.07, 6.45) is 1.00. The average molecular weight is 165 g/mol. The topological polar surface area (TPSA) is 9.23 Å². The lowest BCUT2D eigenvalue weighted by molar-refractivity contribution is 0.0984. The Morgan fingerprint density at radius 1 is 1.50 bits per heavy atom. The van der Waals surface area contributed by atoms with Gasteiger partial charge in [-0.2, -0.15) is 0 Å². The van der Waals surface area contributed by atoms with E-state index in [4.69, 9.17) is 16.3 Å². The summed E-state index contributed by atoms with van der Waals surface area (Å²) >= 11 is 5.84. The van der Waals surface area contributed by atoms with Crippen LogP contribution in [-0.2, 0) is 4.74 Å². The van der Waals surface area contributed by atoms with Gasteiger partial charge in [-0.1, -0.05) is 13.8 Å². The molecule has 0 aliphatic heterocycles. The maximum Gasteiger partial charge on any atom is 0.0513 e. The molecule has 0 saturated heterocycles. The van der Waals surface area contributed by atoms with Gasteiger partial charge in [-0.05, 0) is 18.8 Å². The molecular formula is C8H17ClO. The Kier molecular flexibility index (Phi) is 4.30. The van der Waals surface area contributed by atoms with Gasteiger partial charge >= 0.3 is 0 Å². The zero-order chi connectivity index (χ0) is 8.20. The monoisotopic (exact) mass is 164 g/mol. The molecule has 0 rings (SSSR count). The summed E-state index contributed by atoms with van der Waals surface area (Å²) in [6.45, 7) is 7.12. The molecule has 0 aliphatic carbocycles. The molecule has 1 nitrogen and oxygen atoms in total. The van der Waals surface area contributed by atoms with Crippen LogP contribution in [0.25, 0.3) is 0 Å². The van der Waals surface area contributed by atoms with E-state index in [2.05, 4.69) is 13.8 Å². The fraction of sp³-hybridized carbons (Fsp3) is 1.00. The van der Waals surface area contributed by atoms with Crippen LogP contribution in [0.5, 0.6) is 0 Å². The SMILES string of the molecule is COCC(C)(C)CC(C)Cl. The first kappa shape index (κ1) is 10.2. The second-order valence-corrected chi connectivity index (χ2v) is 4.33. The number of rotatable bonds is 4. The second kappa shape index (κ2) is 4.20. The van der Waals surface area contributed by atoms with Gasteiger partial charge in [-0.25, -0.2) is 0 Å². The Labute approximate surface area is 68.7 Å². The van der Waals surface area contributed by atoms with E-state index in [1.54, 1.807) is 7.11 Å². The predicted octanol–water partition coefficient (Wildman–Crippen LogP) is 2.68. The van der Waals surface area contributed by atoms with Gasteiger partial charge in [0.2, 0.25) is 0 Å². The van der Waals surface area contributed by atoms with E-state index in [0.717, 1.165) is 13.0 Å². The summed E-state index contributed by atoms with van der Waals surface area (Å²) in [7, 11) is 1.72. The summed E-state index contributed by atoms with van der Waals surface area (Å²) < 4.78 is 5.05. The Morgan fingerprint density at radius 3 is 2.30 bits per heavy atom. The van der Waals surface area contributed by atoms with Crippen LogP contribution in [-0.4, -0.2) is 19.1 Å². The van der Waals surface area contributed by atoms with Crippen molar-refractivity contribution >= 4 is 11.6 Å². The van der Waals surface area contributed by atoms with Crippen LogP contribution in [0.4, 0.5) is 0 Å². The zero-order valence-corrected chi connectivity index (χ0v) is 8.03. The highest BCUT2D eigenvalue weighted by atomic mass is 35.5. The van der Waals surface area contributed by atoms with Crippen molar-refractivity contribution in [3.63, 3.8) is 0 Å². The first-order valence-electron chi connectivity index (χ1n) is 3.61. The van der Waals surface area contributed by atoms with Crippen LogP contribution in [0, 0.1) is 5.41 Å². The third-order valence-electron chi connectivity index (χ3n) is 1.37. The van der Waals surface area contributed by atoms with Crippen molar-refractivity contribution in [2.45, 2.75) is 32.6 Å². The molecule has 10 heavy (non-hydrogen) atoms. The quantitative estimate of drug-likeness (QED) is 0.581. The third-order valence-corrected chi connectivity index (χ3v) is 1.52. The van der Waals surface area contributed by atoms with Crippen molar-refractivity contribution in [1.29, 1.82) is 0 Å². The number of hydrogen-bond acceptors (Lipinski definition) is 1. The maximum absolute atomic E-state index is 5.84. The molecule has 62 valence electrons. The van der Waals surface area contributed by atoms with Gasteiger partial charge < -0.3 is 4.74 Å². The van der Waals surface area contributed by atoms with Crippen LogP contribution in [0.3, 0.4) is 0 Å². The highest BCUT2D eigenvalue weighted by Crippen LogP contribution is 2.24. The summed E-state index contributed by atoms with van der Waals surface area (Å²) in [5, 5.41) is 0.241. The highest BCUT2D eigenvalue weighted by molar-refractivity contribution is 6.20. The first-order valence-corrected chi connectivity index (χ1v) is 4.04. The molecule has 0 heterocycles. The number of alkyl halides is 1. The Hall–Kier alpha value is 0.250. The number of methoxy groups -OCH3 is 1. The number of hydrogen-bond donors (Lipinski definition) is 0. The van der Waals surface area contributed by atoms with Gasteiger partial charge in [-0.15, -0.1) is 11.6 Å². The molecule has 0 saturated carbocycles.